The molecular weight excluding hydrogens is 350 g/mol. The van der Waals surface area contributed by atoms with Crippen molar-refractivity contribution in [1.82, 2.24) is 4.31 Å². The molecule has 0 spiro atoms. The Labute approximate surface area is 144 Å². The maximum atomic E-state index is 13.7. The number of sulfonamides is 1. The highest BCUT2D eigenvalue weighted by Crippen LogP contribution is 2.23. The molecule has 3 rings (SSSR count). The van der Waals surface area contributed by atoms with Crippen molar-refractivity contribution >= 4 is 21.6 Å². The number of carbonyl (C=O) groups excluding carboxylic acids is 1. The second-order valence-electron chi connectivity index (χ2n) is 5.69. The summed E-state index contributed by atoms with van der Waals surface area (Å²) in [5.41, 5.74) is -0.566. The number of nitrogens with one attached hydrogen (secondary N) is 1. The second-order valence-corrected chi connectivity index (χ2v) is 7.63. The molecule has 5 nitrogen and oxygen atoms in total. The Morgan fingerprint density at radius 2 is 1.60 bits per heavy atom. The van der Waals surface area contributed by atoms with E-state index in [2.05, 4.69) is 5.32 Å². The van der Waals surface area contributed by atoms with Crippen molar-refractivity contribution < 1.29 is 22.0 Å². The van der Waals surface area contributed by atoms with Gasteiger partial charge in [-0.25, -0.2) is 17.2 Å². The molecule has 1 heterocycles. The van der Waals surface area contributed by atoms with Gasteiger partial charge in [-0.05, 0) is 43.2 Å². The number of hydrogen-bond acceptors (Lipinski definition) is 3. The van der Waals surface area contributed by atoms with Gasteiger partial charge >= 0.3 is 0 Å². The molecule has 0 aromatic heterocycles. The molecule has 132 valence electrons. The molecule has 0 unspecified atom stereocenters. The molecule has 0 aliphatic carbocycles. The van der Waals surface area contributed by atoms with E-state index in [4.69, 9.17) is 0 Å². The SMILES string of the molecule is O=C(Nc1cccc(S(=O)(=O)N2CCCC2)c1)c1c(F)cccc1F. The third-order valence-corrected chi connectivity index (χ3v) is 5.88. The molecule has 1 saturated heterocycles. The van der Waals surface area contributed by atoms with Crippen molar-refractivity contribution in [1.29, 1.82) is 0 Å². The van der Waals surface area contributed by atoms with E-state index in [-0.39, 0.29) is 10.6 Å². The summed E-state index contributed by atoms with van der Waals surface area (Å²) in [6.45, 7) is 0.915. The molecule has 0 atom stereocenters. The average Bonchev–Trinajstić information content (AvgIpc) is 3.10. The van der Waals surface area contributed by atoms with Crippen molar-refractivity contribution in [2.75, 3.05) is 18.4 Å². The van der Waals surface area contributed by atoms with Gasteiger partial charge in [-0.15, -0.1) is 0 Å². The number of carbonyl (C=O) groups is 1. The minimum Gasteiger partial charge on any atom is -0.322 e. The Balaban J connectivity index is 1.86. The quantitative estimate of drug-likeness (QED) is 0.905. The average molecular weight is 366 g/mol. The third kappa shape index (κ3) is 3.54. The zero-order chi connectivity index (χ0) is 18.0. The van der Waals surface area contributed by atoms with Crippen LogP contribution in [0, 0.1) is 11.6 Å². The highest BCUT2D eigenvalue weighted by atomic mass is 32.2. The van der Waals surface area contributed by atoms with Gasteiger partial charge < -0.3 is 5.32 Å². The maximum absolute atomic E-state index is 13.7. The summed E-state index contributed by atoms with van der Waals surface area (Å²) in [5.74, 6) is -2.96. The van der Waals surface area contributed by atoms with Crippen LogP contribution in [0.2, 0.25) is 0 Å². The molecule has 25 heavy (non-hydrogen) atoms. The monoisotopic (exact) mass is 366 g/mol. The summed E-state index contributed by atoms with van der Waals surface area (Å²) < 4.78 is 53.8. The van der Waals surface area contributed by atoms with E-state index in [1.807, 2.05) is 0 Å². The molecule has 8 heteroatoms. The number of hydrogen-bond donors (Lipinski definition) is 1. The first-order valence-electron chi connectivity index (χ1n) is 7.75. The predicted molar refractivity (Wildman–Crippen MR) is 88.7 cm³/mol. The molecule has 1 amide bonds. The van der Waals surface area contributed by atoms with Gasteiger partial charge in [-0.1, -0.05) is 12.1 Å². The zero-order valence-electron chi connectivity index (χ0n) is 13.2. The fourth-order valence-corrected chi connectivity index (χ4v) is 4.28. The van der Waals surface area contributed by atoms with E-state index in [9.17, 15) is 22.0 Å². The number of nitrogens with zero attached hydrogens (tertiary/aromatic N) is 1. The third-order valence-electron chi connectivity index (χ3n) is 3.98. The van der Waals surface area contributed by atoms with Gasteiger partial charge in [-0.2, -0.15) is 4.31 Å². The van der Waals surface area contributed by atoms with Crippen molar-refractivity contribution in [2.24, 2.45) is 0 Å². The van der Waals surface area contributed by atoms with E-state index in [0.29, 0.717) is 13.1 Å². The fraction of sp³-hybridized carbons (Fsp3) is 0.235. The molecule has 0 bridgehead atoms. The topological polar surface area (TPSA) is 66.5 Å². The van der Waals surface area contributed by atoms with Crippen LogP contribution in [-0.2, 0) is 10.0 Å². The Kier molecular flexibility index (Phi) is 4.82. The van der Waals surface area contributed by atoms with Gasteiger partial charge in [-0.3, -0.25) is 4.79 Å². The van der Waals surface area contributed by atoms with Gasteiger partial charge in [0.2, 0.25) is 10.0 Å². The summed E-state index contributed by atoms with van der Waals surface area (Å²) in [6, 6.07) is 8.75. The number of halogens is 2. The minimum atomic E-state index is -3.64. The molecule has 2 aromatic rings. The molecule has 1 aliphatic rings. The largest absolute Gasteiger partial charge is 0.322 e. The number of rotatable bonds is 4. The Bertz CT molecular complexity index is 890. The van der Waals surface area contributed by atoms with Crippen molar-refractivity contribution in [2.45, 2.75) is 17.7 Å². The van der Waals surface area contributed by atoms with Crippen LogP contribution in [0.1, 0.15) is 23.2 Å². The van der Waals surface area contributed by atoms with E-state index in [1.165, 1.54) is 28.6 Å². The van der Waals surface area contributed by atoms with Crippen LogP contribution >= 0.6 is 0 Å². The van der Waals surface area contributed by atoms with Crippen LogP contribution < -0.4 is 5.32 Å². The first-order chi connectivity index (χ1) is 11.9. The first kappa shape index (κ1) is 17.5. The van der Waals surface area contributed by atoms with Crippen LogP contribution in [0.15, 0.2) is 47.4 Å². The first-order valence-corrected chi connectivity index (χ1v) is 9.19. The molecule has 0 saturated carbocycles. The normalized spacial score (nSPS) is 15.3. The Morgan fingerprint density at radius 1 is 1.00 bits per heavy atom. The van der Waals surface area contributed by atoms with Crippen LogP contribution in [-0.4, -0.2) is 31.7 Å². The minimum absolute atomic E-state index is 0.0289. The highest BCUT2D eigenvalue weighted by molar-refractivity contribution is 7.89. The van der Waals surface area contributed by atoms with Gasteiger partial charge in [0.1, 0.15) is 17.2 Å². The lowest BCUT2D eigenvalue weighted by molar-refractivity contribution is 0.101. The summed E-state index contributed by atoms with van der Waals surface area (Å²) >= 11 is 0. The van der Waals surface area contributed by atoms with E-state index >= 15 is 0 Å². The molecular formula is C17H16F2N2O3S. The maximum Gasteiger partial charge on any atom is 0.261 e. The lowest BCUT2D eigenvalue weighted by atomic mass is 10.2. The van der Waals surface area contributed by atoms with Gasteiger partial charge in [0.25, 0.3) is 5.91 Å². The second kappa shape index (κ2) is 6.89. The summed E-state index contributed by atoms with van der Waals surface area (Å²) in [6.07, 6.45) is 1.62. The van der Waals surface area contributed by atoms with Gasteiger partial charge in [0.15, 0.2) is 0 Å². The van der Waals surface area contributed by atoms with Crippen LogP contribution in [0.4, 0.5) is 14.5 Å². The van der Waals surface area contributed by atoms with E-state index < -0.39 is 33.1 Å². The van der Waals surface area contributed by atoms with Crippen LogP contribution in [0.25, 0.3) is 0 Å². The van der Waals surface area contributed by atoms with Crippen molar-refractivity contribution in [3.63, 3.8) is 0 Å². The molecule has 0 radical (unpaired) electrons. The smallest absolute Gasteiger partial charge is 0.261 e. The van der Waals surface area contributed by atoms with Crippen LogP contribution in [0.5, 0.6) is 0 Å². The summed E-state index contributed by atoms with van der Waals surface area (Å²) in [5, 5.41) is 2.34. The van der Waals surface area contributed by atoms with Gasteiger partial charge in [0, 0.05) is 18.8 Å². The number of benzene rings is 2. The molecule has 1 aliphatic heterocycles. The summed E-state index contributed by atoms with van der Waals surface area (Å²) in [4.78, 5) is 12.2. The Hall–Kier alpha value is -2.32. The lowest BCUT2D eigenvalue weighted by Crippen LogP contribution is -2.28. The van der Waals surface area contributed by atoms with Crippen molar-refractivity contribution in [3.05, 3.63) is 59.7 Å². The number of amides is 1. The van der Waals surface area contributed by atoms with Crippen molar-refractivity contribution in [3.8, 4) is 0 Å². The zero-order valence-corrected chi connectivity index (χ0v) is 14.0. The fourth-order valence-electron chi connectivity index (χ4n) is 2.72. The van der Waals surface area contributed by atoms with Crippen LogP contribution in [0.3, 0.4) is 0 Å². The molecule has 1 fully saturated rings. The predicted octanol–water partition coefficient (Wildman–Crippen LogP) is 3.00. The Morgan fingerprint density at radius 3 is 2.24 bits per heavy atom. The number of anilines is 1. The highest BCUT2D eigenvalue weighted by Gasteiger charge is 2.27. The van der Waals surface area contributed by atoms with E-state index in [0.717, 1.165) is 31.0 Å². The lowest BCUT2D eigenvalue weighted by Gasteiger charge is -2.16. The standard InChI is InChI=1S/C17H16F2N2O3S/c18-14-7-4-8-15(19)16(14)17(22)20-12-5-3-6-13(11-12)25(23,24)21-9-1-2-10-21/h3-8,11H,1-2,9-10H2,(H,20,22). The summed E-state index contributed by atoms with van der Waals surface area (Å²) in [7, 11) is -3.64. The molecule has 2 aromatic carbocycles. The van der Waals surface area contributed by atoms with E-state index in [1.54, 1.807) is 0 Å². The molecule has 1 N–H and O–H groups in total. The van der Waals surface area contributed by atoms with Gasteiger partial charge in [0.05, 0.1) is 4.90 Å².